The van der Waals surface area contributed by atoms with E-state index in [1.807, 2.05) is 6.20 Å². The molecule has 0 unspecified atom stereocenters. The zero-order valence-corrected chi connectivity index (χ0v) is 9.86. The third-order valence-electron chi connectivity index (χ3n) is 2.79. The summed E-state index contributed by atoms with van der Waals surface area (Å²) in [5.74, 6) is 1.03. The maximum Gasteiger partial charge on any atom is 0.155 e. The van der Waals surface area contributed by atoms with Gasteiger partial charge in [0, 0.05) is 25.7 Å². The molecular weight excluding hydrogens is 188 g/mol. The molecular formula is C11H18N4. The number of hydrogen-bond acceptors (Lipinski definition) is 4. The van der Waals surface area contributed by atoms with Gasteiger partial charge in [-0.2, -0.15) is 0 Å². The molecule has 82 valence electrons. The van der Waals surface area contributed by atoms with Crippen molar-refractivity contribution in [2.45, 2.75) is 26.3 Å². The van der Waals surface area contributed by atoms with Crippen LogP contribution in [0.25, 0.3) is 0 Å². The quantitative estimate of drug-likeness (QED) is 0.644. The van der Waals surface area contributed by atoms with E-state index in [0.29, 0.717) is 0 Å². The second kappa shape index (κ2) is 3.36. The fourth-order valence-corrected chi connectivity index (χ4v) is 1.97. The van der Waals surface area contributed by atoms with Crippen LogP contribution < -0.4 is 9.80 Å². The minimum Gasteiger partial charge on any atom is -0.361 e. The first kappa shape index (κ1) is 10.2. The summed E-state index contributed by atoms with van der Waals surface area (Å²) in [6.07, 6.45) is 3.52. The maximum absolute atomic E-state index is 4.34. The lowest BCUT2D eigenvalue weighted by Crippen LogP contribution is -2.49. The Labute approximate surface area is 90.9 Å². The highest BCUT2D eigenvalue weighted by molar-refractivity contribution is 5.68. The Morgan fingerprint density at radius 2 is 2.00 bits per heavy atom. The highest BCUT2D eigenvalue weighted by Gasteiger charge is 2.29. The van der Waals surface area contributed by atoms with E-state index < -0.39 is 0 Å². The number of nitrogens with zero attached hydrogens (tertiary/aromatic N) is 4. The number of aromatic nitrogens is 2. The predicted molar refractivity (Wildman–Crippen MR) is 62.4 cm³/mol. The normalized spacial score (nSPS) is 16.5. The van der Waals surface area contributed by atoms with Crippen LogP contribution in [0.4, 0.5) is 11.5 Å². The molecule has 15 heavy (non-hydrogen) atoms. The van der Waals surface area contributed by atoms with Crippen LogP contribution in [0, 0.1) is 0 Å². The zero-order chi connectivity index (χ0) is 11.1. The first-order valence-electron chi connectivity index (χ1n) is 5.29. The molecule has 0 N–H and O–H groups in total. The molecule has 0 aliphatic carbocycles. The van der Waals surface area contributed by atoms with Gasteiger partial charge < -0.3 is 9.80 Å². The second-order valence-corrected chi connectivity index (χ2v) is 4.98. The SMILES string of the molecule is CN1CCN(C(C)(C)C)c2cncnc21. The molecule has 0 aromatic carbocycles. The predicted octanol–water partition coefficient (Wildman–Crippen LogP) is 1.53. The third kappa shape index (κ3) is 1.76. The van der Waals surface area contributed by atoms with E-state index in [2.05, 4.69) is 47.6 Å². The van der Waals surface area contributed by atoms with Crippen molar-refractivity contribution in [1.82, 2.24) is 9.97 Å². The van der Waals surface area contributed by atoms with E-state index in [1.165, 1.54) is 0 Å². The van der Waals surface area contributed by atoms with Crippen LogP contribution in [0.15, 0.2) is 12.5 Å². The summed E-state index contributed by atoms with van der Waals surface area (Å²) in [7, 11) is 2.08. The van der Waals surface area contributed by atoms with Gasteiger partial charge in [-0.3, -0.25) is 0 Å². The molecule has 1 aliphatic heterocycles. The smallest absolute Gasteiger partial charge is 0.155 e. The summed E-state index contributed by atoms with van der Waals surface area (Å²) in [5.41, 5.74) is 1.26. The molecule has 0 amide bonds. The first-order valence-corrected chi connectivity index (χ1v) is 5.29. The van der Waals surface area contributed by atoms with Crippen LogP contribution in [-0.2, 0) is 0 Å². The summed E-state index contributed by atoms with van der Waals surface area (Å²) in [6.45, 7) is 8.70. The fourth-order valence-electron chi connectivity index (χ4n) is 1.97. The largest absolute Gasteiger partial charge is 0.361 e. The third-order valence-corrected chi connectivity index (χ3v) is 2.79. The summed E-state index contributed by atoms with van der Waals surface area (Å²) in [4.78, 5) is 13.0. The molecule has 0 saturated carbocycles. The molecule has 0 atom stereocenters. The Kier molecular flexibility index (Phi) is 2.29. The van der Waals surface area contributed by atoms with Gasteiger partial charge >= 0.3 is 0 Å². The first-order chi connectivity index (χ1) is 7.00. The molecule has 0 fully saturated rings. The van der Waals surface area contributed by atoms with Crippen molar-refractivity contribution in [2.75, 3.05) is 29.9 Å². The van der Waals surface area contributed by atoms with Crippen LogP contribution in [0.2, 0.25) is 0 Å². The van der Waals surface area contributed by atoms with E-state index >= 15 is 0 Å². The van der Waals surface area contributed by atoms with Crippen molar-refractivity contribution >= 4 is 11.5 Å². The summed E-state index contributed by atoms with van der Waals surface area (Å²) in [6, 6.07) is 0. The molecule has 1 aromatic heterocycles. The van der Waals surface area contributed by atoms with Gasteiger partial charge in [-0.05, 0) is 20.8 Å². The Hall–Kier alpha value is -1.32. The van der Waals surface area contributed by atoms with Crippen LogP contribution in [-0.4, -0.2) is 35.6 Å². The number of fused-ring (bicyclic) bond motifs is 1. The van der Waals surface area contributed by atoms with Gasteiger partial charge in [0.1, 0.15) is 6.33 Å². The molecule has 2 heterocycles. The number of likely N-dealkylation sites (N-methyl/N-ethyl adjacent to an activating group) is 1. The van der Waals surface area contributed by atoms with Crippen LogP contribution in [0.5, 0.6) is 0 Å². The van der Waals surface area contributed by atoms with E-state index in [-0.39, 0.29) is 5.54 Å². The van der Waals surface area contributed by atoms with Crippen LogP contribution in [0.1, 0.15) is 20.8 Å². The number of hydrogen-bond donors (Lipinski definition) is 0. The minimum absolute atomic E-state index is 0.126. The molecule has 4 heteroatoms. The molecule has 0 radical (unpaired) electrons. The number of anilines is 2. The van der Waals surface area contributed by atoms with Crippen molar-refractivity contribution in [3.8, 4) is 0 Å². The maximum atomic E-state index is 4.34. The Morgan fingerprint density at radius 1 is 1.27 bits per heavy atom. The van der Waals surface area contributed by atoms with E-state index in [4.69, 9.17) is 0 Å². The second-order valence-electron chi connectivity index (χ2n) is 4.98. The lowest BCUT2D eigenvalue weighted by atomic mass is 10.0. The van der Waals surface area contributed by atoms with Gasteiger partial charge in [0.05, 0.1) is 11.9 Å². The van der Waals surface area contributed by atoms with Crippen molar-refractivity contribution in [3.05, 3.63) is 12.5 Å². The average molecular weight is 206 g/mol. The fraction of sp³-hybridized carbons (Fsp3) is 0.636. The molecule has 0 spiro atoms. The molecule has 1 aromatic rings. The summed E-state index contributed by atoms with van der Waals surface area (Å²) in [5, 5.41) is 0. The van der Waals surface area contributed by atoms with Crippen molar-refractivity contribution in [2.24, 2.45) is 0 Å². The average Bonchev–Trinajstić information content (AvgIpc) is 2.17. The Balaban J connectivity index is 2.45. The molecule has 4 nitrogen and oxygen atoms in total. The standard InChI is InChI=1S/C11H18N4/c1-11(2,3)15-6-5-14(4)10-9(15)7-12-8-13-10/h7-8H,5-6H2,1-4H3. The van der Waals surface area contributed by atoms with Crippen molar-refractivity contribution in [1.29, 1.82) is 0 Å². The topological polar surface area (TPSA) is 32.3 Å². The molecule has 1 aliphatic rings. The lowest BCUT2D eigenvalue weighted by Gasteiger charge is -2.43. The van der Waals surface area contributed by atoms with Crippen LogP contribution in [0.3, 0.4) is 0 Å². The van der Waals surface area contributed by atoms with E-state index in [1.54, 1.807) is 6.33 Å². The molecule has 0 bridgehead atoms. The molecule has 0 saturated heterocycles. The molecule has 2 rings (SSSR count). The van der Waals surface area contributed by atoms with Crippen molar-refractivity contribution in [3.63, 3.8) is 0 Å². The van der Waals surface area contributed by atoms with Gasteiger partial charge in [0.25, 0.3) is 0 Å². The minimum atomic E-state index is 0.126. The zero-order valence-electron chi connectivity index (χ0n) is 9.86. The monoisotopic (exact) mass is 206 g/mol. The van der Waals surface area contributed by atoms with Crippen LogP contribution >= 0.6 is 0 Å². The van der Waals surface area contributed by atoms with E-state index in [9.17, 15) is 0 Å². The highest BCUT2D eigenvalue weighted by Crippen LogP contribution is 2.33. The number of rotatable bonds is 0. The van der Waals surface area contributed by atoms with Gasteiger partial charge in [-0.1, -0.05) is 0 Å². The highest BCUT2D eigenvalue weighted by atomic mass is 15.3. The van der Waals surface area contributed by atoms with E-state index in [0.717, 1.165) is 24.6 Å². The van der Waals surface area contributed by atoms with Gasteiger partial charge in [0.2, 0.25) is 0 Å². The summed E-state index contributed by atoms with van der Waals surface area (Å²) >= 11 is 0. The van der Waals surface area contributed by atoms with Gasteiger partial charge in [-0.15, -0.1) is 0 Å². The van der Waals surface area contributed by atoms with Crippen molar-refractivity contribution < 1.29 is 0 Å². The van der Waals surface area contributed by atoms with Gasteiger partial charge in [0.15, 0.2) is 5.82 Å². The summed E-state index contributed by atoms with van der Waals surface area (Å²) < 4.78 is 0. The Morgan fingerprint density at radius 3 is 2.67 bits per heavy atom. The van der Waals surface area contributed by atoms with Gasteiger partial charge in [-0.25, -0.2) is 9.97 Å². The Bertz CT molecular complexity index is 356. The lowest BCUT2D eigenvalue weighted by molar-refractivity contribution is 0.494.